The van der Waals surface area contributed by atoms with Crippen molar-refractivity contribution < 1.29 is 14.3 Å². The molecule has 1 aliphatic heterocycles. The van der Waals surface area contributed by atoms with Gasteiger partial charge >= 0.3 is 6.09 Å². The minimum Gasteiger partial charge on any atom is -0.444 e. The van der Waals surface area contributed by atoms with Gasteiger partial charge in [0, 0.05) is 39.8 Å². The molecule has 0 aliphatic carbocycles. The maximum absolute atomic E-state index is 12.1. The van der Waals surface area contributed by atoms with Crippen LogP contribution in [0.4, 0.5) is 4.79 Å². The molecule has 0 radical (unpaired) electrons. The summed E-state index contributed by atoms with van der Waals surface area (Å²) in [5.74, 6) is 0. The molecule has 5 heteroatoms. The maximum atomic E-state index is 12.1. The van der Waals surface area contributed by atoms with Crippen molar-refractivity contribution in [2.45, 2.75) is 38.9 Å². The van der Waals surface area contributed by atoms with E-state index in [1.807, 2.05) is 39.0 Å². The van der Waals surface area contributed by atoms with Crippen LogP contribution in [-0.4, -0.2) is 61.3 Å². The molecule has 1 amide bonds. The number of methoxy groups -OCH3 is 1. The number of benzene rings is 1. The van der Waals surface area contributed by atoms with E-state index in [1.165, 1.54) is 5.56 Å². The lowest BCUT2D eigenvalue weighted by Gasteiger charge is -2.36. The number of carbonyl (C=O) groups excluding carboxylic acids is 1. The highest BCUT2D eigenvalue weighted by Gasteiger charge is 2.26. The Kier molecular flexibility index (Phi) is 6.63. The zero-order valence-corrected chi connectivity index (χ0v) is 15.3. The highest BCUT2D eigenvalue weighted by Crippen LogP contribution is 2.21. The monoisotopic (exact) mass is 334 g/mol. The summed E-state index contributed by atoms with van der Waals surface area (Å²) in [7, 11) is 1.76. The highest BCUT2D eigenvalue weighted by molar-refractivity contribution is 5.68. The fraction of sp³-hybridized carbons (Fsp3) is 0.632. The Labute approximate surface area is 145 Å². The molecular weight excluding hydrogens is 304 g/mol. The second kappa shape index (κ2) is 8.49. The molecule has 1 aromatic carbocycles. The van der Waals surface area contributed by atoms with Gasteiger partial charge in [-0.05, 0) is 32.8 Å². The van der Waals surface area contributed by atoms with Gasteiger partial charge in [0.15, 0.2) is 0 Å². The molecule has 1 atom stereocenters. The molecule has 1 unspecified atom stereocenters. The van der Waals surface area contributed by atoms with Crippen LogP contribution in [0.15, 0.2) is 30.3 Å². The zero-order chi connectivity index (χ0) is 17.6. The average Bonchev–Trinajstić information content (AvgIpc) is 2.55. The largest absolute Gasteiger partial charge is 0.444 e. The van der Waals surface area contributed by atoms with Crippen LogP contribution in [0.5, 0.6) is 0 Å². The van der Waals surface area contributed by atoms with E-state index in [1.54, 1.807) is 12.0 Å². The van der Waals surface area contributed by atoms with E-state index in [0.717, 1.165) is 39.1 Å². The summed E-state index contributed by atoms with van der Waals surface area (Å²) in [6, 6.07) is 10.3. The number of hydrogen-bond acceptors (Lipinski definition) is 4. The van der Waals surface area contributed by atoms with E-state index >= 15 is 0 Å². The Balaban J connectivity index is 1.76. The Hall–Kier alpha value is -1.59. The van der Waals surface area contributed by atoms with Gasteiger partial charge < -0.3 is 14.4 Å². The first-order chi connectivity index (χ1) is 11.4. The number of carbonyl (C=O) groups is 1. The summed E-state index contributed by atoms with van der Waals surface area (Å²) in [5, 5.41) is 0. The molecule has 0 aromatic heterocycles. The first kappa shape index (κ1) is 18.7. The third-order valence-corrected chi connectivity index (χ3v) is 4.19. The molecule has 0 bridgehead atoms. The zero-order valence-electron chi connectivity index (χ0n) is 15.3. The van der Waals surface area contributed by atoms with E-state index in [0.29, 0.717) is 0 Å². The molecule has 24 heavy (non-hydrogen) atoms. The van der Waals surface area contributed by atoms with Crippen LogP contribution in [0, 0.1) is 0 Å². The SMILES string of the molecule is COC(CCN1CCN(C(=O)OC(C)(C)C)CC1)c1ccccc1. The minimum atomic E-state index is -0.435. The Bertz CT molecular complexity index is 505. The van der Waals surface area contributed by atoms with E-state index in [-0.39, 0.29) is 12.2 Å². The molecule has 1 aromatic rings. The van der Waals surface area contributed by atoms with Crippen LogP contribution < -0.4 is 0 Å². The molecule has 1 aliphatic rings. The Morgan fingerprint density at radius 2 is 1.75 bits per heavy atom. The fourth-order valence-corrected chi connectivity index (χ4v) is 2.87. The molecule has 0 N–H and O–H groups in total. The van der Waals surface area contributed by atoms with Gasteiger partial charge in [-0.1, -0.05) is 30.3 Å². The lowest BCUT2D eigenvalue weighted by Crippen LogP contribution is -2.50. The predicted octanol–water partition coefficient (Wildman–Crippen LogP) is 3.32. The Morgan fingerprint density at radius 3 is 2.29 bits per heavy atom. The number of nitrogens with zero attached hydrogens (tertiary/aromatic N) is 2. The lowest BCUT2D eigenvalue weighted by molar-refractivity contribution is 0.0123. The molecule has 1 heterocycles. The molecule has 1 fully saturated rings. The third kappa shape index (κ3) is 5.80. The van der Waals surface area contributed by atoms with Crippen LogP contribution in [0.3, 0.4) is 0 Å². The quantitative estimate of drug-likeness (QED) is 0.828. The molecule has 134 valence electrons. The normalized spacial score (nSPS) is 17.6. The lowest BCUT2D eigenvalue weighted by atomic mass is 10.1. The van der Waals surface area contributed by atoms with Crippen molar-refractivity contribution in [2.75, 3.05) is 39.8 Å². The number of piperazine rings is 1. The van der Waals surface area contributed by atoms with Gasteiger partial charge in [-0.15, -0.1) is 0 Å². The van der Waals surface area contributed by atoms with E-state index in [2.05, 4.69) is 17.0 Å². The summed E-state index contributed by atoms with van der Waals surface area (Å²) in [4.78, 5) is 16.3. The van der Waals surface area contributed by atoms with E-state index < -0.39 is 5.60 Å². The standard InChI is InChI=1S/C19H30N2O3/c1-19(2,3)24-18(22)21-14-12-20(13-15-21)11-10-17(23-4)16-8-6-5-7-9-16/h5-9,17H,10-15H2,1-4H3. The maximum Gasteiger partial charge on any atom is 0.410 e. The predicted molar refractivity (Wildman–Crippen MR) is 95.1 cm³/mol. The van der Waals surface area contributed by atoms with Gasteiger partial charge in [0.2, 0.25) is 0 Å². The molecule has 1 saturated heterocycles. The van der Waals surface area contributed by atoms with Crippen molar-refractivity contribution in [3.05, 3.63) is 35.9 Å². The Morgan fingerprint density at radius 1 is 1.12 bits per heavy atom. The van der Waals surface area contributed by atoms with Crippen molar-refractivity contribution >= 4 is 6.09 Å². The van der Waals surface area contributed by atoms with E-state index in [4.69, 9.17) is 9.47 Å². The summed E-state index contributed by atoms with van der Waals surface area (Å²) in [5.41, 5.74) is 0.780. The molecule has 2 rings (SSSR count). The smallest absolute Gasteiger partial charge is 0.410 e. The number of ether oxygens (including phenoxy) is 2. The van der Waals surface area contributed by atoms with Gasteiger partial charge in [0.25, 0.3) is 0 Å². The number of rotatable bonds is 5. The van der Waals surface area contributed by atoms with Crippen molar-refractivity contribution in [1.29, 1.82) is 0 Å². The van der Waals surface area contributed by atoms with Gasteiger partial charge in [0.05, 0.1) is 6.10 Å². The summed E-state index contributed by atoms with van der Waals surface area (Å²) in [6.07, 6.45) is 0.865. The topological polar surface area (TPSA) is 42.0 Å². The van der Waals surface area contributed by atoms with Crippen LogP contribution in [0.1, 0.15) is 38.9 Å². The first-order valence-electron chi connectivity index (χ1n) is 8.67. The average molecular weight is 334 g/mol. The van der Waals surface area contributed by atoms with Gasteiger partial charge in [-0.3, -0.25) is 4.90 Å². The van der Waals surface area contributed by atoms with Crippen LogP contribution in [0.25, 0.3) is 0 Å². The minimum absolute atomic E-state index is 0.120. The molecule has 0 saturated carbocycles. The van der Waals surface area contributed by atoms with Gasteiger partial charge in [-0.2, -0.15) is 0 Å². The highest BCUT2D eigenvalue weighted by atomic mass is 16.6. The first-order valence-corrected chi connectivity index (χ1v) is 8.67. The van der Waals surface area contributed by atoms with Gasteiger partial charge in [0.1, 0.15) is 5.60 Å². The molecular formula is C19H30N2O3. The van der Waals surface area contributed by atoms with Crippen molar-refractivity contribution in [2.24, 2.45) is 0 Å². The summed E-state index contributed by atoms with van der Waals surface area (Å²) < 4.78 is 11.1. The van der Waals surface area contributed by atoms with Gasteiger partial charge in [-0.25, -0.2) is 4.79 Å². The van der Waals surface area contributed by atoms with Crippen LogP contribution >= 0.6 is 0 Å². The number of hydrogen-bond donors (Lipinski definition) is 0. The second-order valence-electron chi connectivity index (χ2n) is 7.23. The van der Waals surface area contributed by atoms with Crippen molar-refractivity contribution in [1.82, 2.24) is 9.80 Å². The molecule has 5 nitrogen and oxygen atoms in total. The van der Waals surface area contributed by atoms with E-state index in [9.17, 15) is 4.79 Å². The van der Waals surface area contributed by atoms with Crippen molar-refractivity contribution in [3.63, 3.8) is 0 Å². The van der Waals surface area contributed by atoms with Crippen LogP contribution in [0.2, 0.25) is 0 Å². The summed E-state index contributed by atoms with van der Waals surface area (Å²) >= 11 is 0. The summed E-state index contributed by atoms with van der Waals surface area (Å²) in [6.45, 7) is 9.86. The molecule has 0 spiro atoms. The van der Waals surface area contributed by atoms with Crippen LogP contribution in [-0.2, 0) is 9.47 Å². The third-order valence-electron chi connectivity index (χ3n) is 4.19. The second-order valence-corrected chi connectivity index (χ2v) is 7.23. The number of amides is 1. The fourth-order valence-electron chi connectivity index (χ4n) is 2.87. The van der Waals surface area contributed by atoms with Crippen molar-refractivity contribution in [3.8, 4) is 0 Å².